The summed E-state index contributed by atoms with van der Waals surface area (Å²) < 4.78 is 8.30. The first kappa shape index (κ1) is 16.3. The fourth-order valence-corrected chi connectivity index (χ4v) is 3.34. The first-order valence-electron chi connectivity index (χ1n) is 7.15. The number of aromatic nitrogens is 1. The van der Waals surface area contributed by atoms with Gasteiger partial charge in [-0.3, -0.25) is 4.79 Å². The third kappa shape index (κ3) is 3.67. The monoisotopic (exact) mass is 356 g/mol. The number of amides is 1. The van der Waals surface area contributed by atoms with Crippen LogP contribution in [0.5, 0.6) is 5.75 Å². The molecule has 120 valence electrons. The molecule has 0 bridgehead atoms. The van der Waals surface area contributed by atoms with Gasteiger partial charge in [0.2, 0.25) is 0 Å². The Morgan fingerprint density at radius 1 is 1.25 bits per heavy atom. The molecule has 24 heavy (non-hydrogen) atoms. The predicted octanol–water partition coefficient (Wildman–Crippen LogP) is 3.50. The number of carbonyl (C=O) groups is 1. The molecule has 0 aliphatic heterocycles. The molecule has 0 unspecified atom stereocenters. The van der Waals surface area contributed by atoms with E-state index in [2.05, 4.69) is 10.9 Å². The van der Waals surface area contributed by atoms with E-state index in [0.717, 1.165) is 10.2 Å². The lowest BCUT2D eigenvalue weighted by Crippen LogP contribution is -2.19. The maximum atomic E-state index is 12.1. The number of benzene rings is 2. The second-order valence-corrected chi connectivity index (χ2v) is 6.34. The van der Waals surface area contributed by atoms with Crippen molar-refractivity contribution < 1.29 is 9.53 Å². The molecule has 1 heterocycles. The Morgan fingerprint density at radius 2 is 2.00 bits per heavy atom. The van der Waals surface area contributed by atoms with Crippen molar-refractivity contribution in [2.45, 2.75) is 6.54 Å². The average Bonchev–Trinajstić information content (AvgIpc) is 2.92. The lowest BCUT2D eigenvalue weighted by molar-refractivity contribution is -0.120. The summed E-state index contributed by atoms with van der Waals surface area (Å²) in [4.78, 5) is 16.8. The van der Waals surface area contributed by atoms with Gasteiger partial charge in [-0.05, 0) is 36.4 Å². The maximum absolute atomic E-state index is 12.1. The summed E-state index contributed by atoms with van der Waals surface area (Å²) in [5, 5.41) is 0.610. The van der Waals surface area contributed by atoms with Gasteiger partial charge < -0.3 is 9.30 Å². The fraction of sp³-hybridized carbons (Fsp3) is 0.111. The van der Waals surface area contributed by atoms with Crippen LogP contribution in [0.2, 0.25) is 5.02 Å². The van der Waals surface area contributed by atoms with E-state index in [4.69, 9.17) is 22.8 Å². The van der Waals surface area contributed by atoms with Crippen molar-refractivity contribution >= 4 is 39.1 Å². The third-order valence-corrected chi connectivity index (χ3v) is 4.55. The number of nitrogens with zero attached hydrogens (tertiary/aromatic N) is 2. The Labute approximate surface area is 148 Å². The Hall–Kier alpha value is -2.55. The van der Waals surface area contributed by atoms with Crippen molar-refractivity contribution in [3.05, 3.63) is 58.4 Å². The van der Waals surface area contributed by atoms with Crippen molar-refractivity contribution in [1.29, 1.82) is 0 Å². The molecule has 0 aliphatic rings. The number of carbonyl (C=O) groups excluding carboxylic acids is 1. The maximum Gasteiger partial charge on any atom is 0.286 e. The number of ether oxygens (including phenoxy) is 1. The molecule has 0 N–H and O–H groups in total. The Balaban J connectivity index is 1.83. The van der Waals surface area contributed by atoms with E-state index in [-0.39, 0.29) is 12.5 Å². The molecule has 2 aromatic carbocycles. The van der Waals surface area contributed by atoms with Crippen LogP contribution in [0.15, 0.2) is 53.5 Å². The van der Waals surface area contributed by atoms with Crippen molar-refractivity contribution in [1.82, 2.24) is 4.57 Å². The van der Waals surface area contributed by atoms with Gasteiger partial charge in [-0.25, -0.2) is 0 Å². The van der Waals surface area contributed by atoms with Crippen LogP contribution < -0.4 is 9.54 Å². The number of para-hydroxylation sites is 1. The van der Waals surface area contributed by atoms with E-state index >= 15 is 0 Å². The zero-order chi connectivity index (χ0) is 16.9. The van der Waals surface area contributed by atoms with Crippen LogP contribution in [-0.2, 0) is 11.3 Å². The SMILES string of the molecule is C#CCn1c(=NC(=O)COc2ccc(Cl)cc2)sc2ccccc21. The summed E-state index contributed by atoms with van der Waals surface area (Å²) in [5.41, 5.74) is 0.964. The highest BCUT2D eigenvalue weighted by Gasteiger charge is 2.07. The number of hydrogen-bond acceptors (Lipinski definition) is 3. The lowest BCUT2D eigenvalue weighted by Gasteiger charge is -2.03. The lowest BCUT2D eigenvalue weighted by atomic mass is 10.3. The van der Waals surface area contributed by atoms with E-state index in [1.807, 2.05) is 28.8 Å². The summed E-state index contributed by atoms with van der Waals surface area (Å²) in [6.45, 7) is 0.208. The molecule has 1 amide bonds. The molecule has 0 atom stereocenters. The summed E-state index contributed by atoms with van der Waals surface area (Å²) >= 11 is 7.23. The normalized spacial score (nSPS) is 11.4. The quantitative estimate of drug-likeness (QED) is 0.671. The molecule has 0 fully saturated rings. The Morgan fingerprint density at radius 3 is 2.75 bits per heavy atom. The van der Waals surface area contributed by atoms with Crippen LogP contribution in [-0.4, -0.2) is 17.1 Å². The van der Waals surface area contributed by atoms with Crippen LogP contribution in [0.4, 0.5) is 0 Å². The third-order valence-electron chi connectivity index (χ3n) is 3.23. The van der Waals surface area contributed by atoms with Gasteiger partial charge in [-0.15, -0.1) is 6.42 Å². The van der Waals surface area contributed by atoms with Crippen molar-refractivity contribution in [3.8, 4) is 18.1 Å². The number of hydrogen-bond donors (Lipinski definition) is 0. The highest BCUT2D eigenvalue weighted by Crippen LogP contribution is 2.17. The first-order valence-corrected chi connectivity index (χ1v) is 8.34. The van der Waals surface area contributed by atoms with Crippen molar-refractivity contribution in [2.24, 2.45) is 4.99 Å². The predicted molar refractivity (Wildman–Crippen MR) is 96.2 cm³/mol. The number of terminal acetylenes is 1. The molecule has 0 radical (unpaired) electrons. The first-order chi connectivity index (χ1) is 11.7. The Bertz CT molecular complexity index is 981. The summed E-state index contributed by atoms with van der Waals surface area (Å²) in [7, 11) is 0. The van der Waals surface area contributed by atoms with Crippen LogP contribution in [0.3, 0.4) is 0 Å². The minimum atomic E-state index is -0.373. The fourth-order valence-electron chi connectivity index (χ4n) is 2.17. The molecule has 0 saturated heterocycles. The van der Waals surface area contributed by atoms with Gasteiger partial charge in [0.15, 0.2) is 11.4 Å². The highest BCUT2D eigenvalue weighted by molar-refractivity contribution is 7.16. The topological polar surface area (TPSA) is 43.6 Å². The van der Waals surface area contributed by atoms with E-state index in [1.165, 1.54) is 11.3 Å². The van der Waals surface area contributed by atoms with Crippen LogP contribution in [0.25, 0.3) is 10.2 Å². The molecule has 6 heteroatoms. The molecule has 0 spiro atoms. The van der Waals surface area contributed by atoms with Crippen molar-refractivity contribution in [3.63, 3.8) is 0 Å². The minimum absolute atomic E-state index is 0.147. The summed E-state index contributed by atoms with van der Waals surface area (Å²) in [6, 6.07) is 14.6. The average molecular weight is 357 g/mol. The summed E-state index contributed by atoms with van der Waals surface area (Å²) in [5.74, 6) is 2.79. The number of rotatable bonds is 4. The zero-order valence-electron chi connectivity index (χ0n) is 12.6. The summed E-state index contributed by atoms with van der Waals surface area (Å²) in [6.07, 6.45) is 5.43. The molecular weight excluding hydrogens is 344 g/mol. The zero-order valence-corrected chi connectivity index (χ0v) is 14.2. The van der Waals surface area contributed by atoms with Gasteiger partial charge in [0.25, 0.3) is 5.91 Å². The van der Waals surface area contributed by atoms with Gasteiger partial charge in [0.1, 0.15) is 5.75 Å². The number of halogens is 1. The van der Waals surface area contributed by atoms with E-state index in [0.29, 0.717) is 22.1 Å². The molecular formula is C18H13ClN2O2S. The largest absolute Gasteiger partial charge is 0.484 e. The second kappa shape index (κ2) is 7.35. The van der Waals surface area contributed by atoms with E-state index in [1.54, 1.807) is 24.3 Å². The Kier molecular flexibility index (Phi) is 4.99. The molecule has 3 aromatic rings. The number of fused-ring (bicyclic) bond motifs is 1. The van der Waals surface area contributed by atoms with E-state index < -0.39 is 0 Å². The molecule has 1 aromatic heterocycles. The van der Waals surface area contributed by atoms with Gasteiger partial charge in [0, 0.05) is 5.02 Å². The highest BCUT2D eigenvalue weighted by atomic mass is 35.5. The second-order valence-electron chi connectivity index (χ2n) is 4.89. The molecule has 0 saturated carbocycles. The van der Waals surface area contributed by atoms with Crippen LogP contribution in [0, 0.1) is 12.3 Å². The standard InChI is InChI=1S/C18H13ClN2O2S/c1-2-11-21-15-5-3-4-6-16(15)24-18(21)20-17(22)12-23-14-9-7-13(19)8-10-14/h1,3-10H,11-12H2. The van der Waals surface area contributed by atoms with Crippen LogP contribution in [0.1, 0.15) is 0 Å². The number of thiazole rings is 1. The van der Waals surface area contributed by atoms with Crippen molar-refractivity contribution in [2.75, 3.05) is 6.61 Å². The van der Waals surface area contributed by atoms with Gasteiger partial charge in [-0.2, -0.15) is 4.99 Å². The smallest absolute Gasteiger partial charge is 0.286 e. The van der Waals surface area contributed by atoms with E-state index in [9.17, 15) is 4.79 Å². The van der Waals surface area contributed by atoms with Gasteiger partial charge in [-0.1, -0.05) is 41.0 Å². The van der Waals surface area contributed by atoms with Crippen LogP contribution >= 0.6 is 22.9 Å². The molecule has 0 aliphatic carbocycles. The molecule has 4 nitrogen and oxygen atoms in total. The molecule has 3 rings (SSSR count). The van der Waals surface area contributed by atoms with Gasteiger partial charge in [0.05, 0.1) is 16.8 Å². The minimum Gasteiger partial charge on any atom is -0.484 e. The van der Waals surface area contributed by atoms with Gasteiger partial charge >= 0.3 is 0 Å².